The maximum absolute atomic E-state index is 13.1. The predicted molar refractivity (Wildman–Crippen MR) is 108 cm³/mol. The zero-order valence-corrected chi connectivity index (χ0v) is 16.4. The highest BCUT2D eigenvalue weighted by Crippen LogP contribution is 2.34. The number of hydrogen-bond donors (Lipinski definition) is 1. The average molecular weight is 408 g/mol. The summed E-state index contributed by atoms with van der Waals surface area (Å²) in [6.07, 6.45) is 0.0268. The van der Waals surface area contributed by atoms with Gasteiger partial charge >= 0.3 is 0 Å². The number of rotatable bonds is 6. The van der Waals surface area contributed by atoms with Gasteiger partial charge in [0, 0.05) is 12.1 Å². The molecule has 0 radical (unpaired) electrons. The van der Waals surface area contributed by atoms with Crippen LogP contribution in [0.15, 0.2) is 59.1 Å². The van der Waals surface area contributed by atoms with Crippen molar-refractivity contribution in [1.29, 1.82) is 0 Å². The molecule has 0 fully saturated rings. The molecule has 1 N–H and O–H groups in total. The van der Waals surface area contributed by atoms with E-state index < -0.39 is 0 Å². The number of thiazole rings is 1. The monoisotopic (exact) mass is 408 g/mol. The van der Waals surface area contributed by atoms with Crippen LogP contribution in [0.4, 0.5) is 4.39 Å². The number of amides is 1. The first kappa shape index (κ1) is 18.9. The molecule has 0 aliphatic heterocycles. The summed E-state index contributed by atoms with van der Waals surface area (Å²) in [7, 11) is 0. The van der Waals surface area contributed by atoms with Crippen LogP contribution in [0.3, 0.4) is 0 Å². The first-order valence-corrected chi connectivity index (χ1v) is 9.77. The van der Waals surface area contributed by atoms with Gasteiger partial charge in [-0.15, -0.1) is 11.3 Å². The van der Waals surface area contributed by atoms with Crippen LogP contribution in [0.25, 0.3) is 21.3 Å². The van der Waals surface area contributed by atoms with Gasteiger partial charge < -0.3 is 9.84 Å². The molecule has 146 valence electrons. The molecular formula is C21H17FN4O2S. The van der Waals surface area contributed by atoms with Crippen LogP contribution in [0.5, 0.6) is 0 Å². The molecule has 0 atom stereocenters. The molecule has 8 heteroatoms. The van der Waals surface area contributed by atoms with Gasteiger partial charge in [-0.25, -0.2) is 9.37 Å². The van der Waals surface area contributed by atoms with Crippen LogP contribution < -0.4 is 5.32 Å². The minimum absolute atomic E-state index is 0.0268. The van der Waals surface area contributed by atoms with Crippen molar-refractivity contribution in [2.24, 2.45) is 0 Å². The molecule has 6 nitrogen and oxygen atoms in total. The summed E-state index contributed by atoms with van der Waals surface area (Å²) >= 11 is 1.38. The van der Waals surface area contributed by atoms with Crippen molar-refractivity contribution in [1.82, 2.24) is 20.4 Å². The van der Waals surface area contributed by atoms with Gasteiger partial charge in [0.15, 0.2) is 5.82 Å². The summed E-state index contributed by atoms with van der Waals surface area (Å²) < 4.78 is 18.5. The van der Waals surface area contributed by atoms with Crippen LogP contribution in [0.2, 0.25) is 0 Å². The molecule has 0 aliphatic rings. The zero-order chi connectivity index (χ0) is 20.2. The third kappa shape index (κ3) is 4.55. The fourth-order valence-electron chi connectivity index (χ4n) is 2.73. The van der Waals surface area contributed by atoms with Crippen LogP contribution in [-0.4, -0.2) is 21.0 Å². The van der Waals surface area contributed by atoms with Crippen molar-refractivity contribution in [2.45, 2.75) is 19.9 Å². The molecule has 4 rings (SSSR count). The van der Waals surface area contributed by atoms with Crippen LogP contribution in [-0.2, 0) is 17.8 Å². The summed E-state index contributed by atoms with van der Waals surface area (Å²) in [5.41, 5.74) is 2.56. The second-order valence-corrected chi connectivity index (χ2v) is 7.39. The van der Waals surface area contributed by atoms with Gasteiger partial charge in [0.25, 0.3) is 5.89 Å². The maximum atomic E-state index is 13.1. The van der Waals surface area contributed by atoms with E-state index in [0.717, 1.165) is 26.7 Å². The molecular weight excluding hydrogens is 391 g/mol. The van der Waals surface area contributed by atoms with Crippen LogP contribution in [0.1, 0.15) is 17.1 Å². The number of carbonyl (C=O) groups is 1. The molecule has 2 aromatic carbocycles. The first-order chi connectivity index (χ1) is 14.1. The van der Waals surface area contributed by atoms with Crippen molar-refractivity contribution < 1.29 is 13.7 Å². The highest BCUT2D eigenvalue weighted by Gasteiger charge is 2.18. The number of benzene rings is 2. The van der Waals surface area contributed by atoms with Gasteiger partial charge in [-0.2, -0.15) is 4.98 Å². The van der Waals surface area contributed by atoms with Crippen molar-refractivity contribution in [3.05, 3.63) is 77.5 Å². The Morgan fingerprint density at radius 1 is 1.10 bits per heavy atom. The standard InChI is InChI=1S/C21H17FN4O2S/c1-13-19(29-21(24-13)15-7-9-16(22)10-8-15)20-25-17(26-28-20)11-18(27)23-12-14-5-3-2-4-6-14/h2-10H,11-12H2,1H3,(H,23,27). The minimum atomic E-state index is -0.297. The van der Waals surface area contributed by atoms with E-state index in [1.54, 1.807) is 12.1 Å². The Morgan fingerprint density at radius 2 is 1.86 bits per heavy atom. The third-order valence-electron chi connectivity index (χ3n) is 4.20. The molecule has 2 aromatic heterocycles. The average Bonchev–Trinajstić information content (AvgIpc) is 3.34. The van der Waals surface area contributed by atoms with Gasteiger partial charge in [0.1, 0.15) is 15.7 Å². The lowest BCUT2D eigenvalue weighted by Gasteiger charge is -2.03. The Kier molecular flexibility index (Phi) is 5.44. The number of hydrogen-bond acceptors (Lipinski definition) is 6. The Bertz CT molecular complexity index is 1120. The molecule has 1 amide bonds. The second kappa shape index (κ2) is 8.32. The maximum Gasteiger partial charge on any atom is 0.269 e. The number of halogens is 1. The van der Waals surface area contributed by atoms with Gasteiger partial charge in [-0.1, -0.05) is 35.5 Å². The SMILES string of the molecule is Cc1nc(-c2ccc(F)cc2)sc1-c1nc(CC(=O)NCc2ccccc2)no1. The van der Waals surface area contributed by atoms with E-state index in [1.165, 1.54) is 23.5 Å². The molecule has 0 unspecified atom stereocenters. The minimum Gasteiger partial charge on any atom is -0.352 e. The number of aromatic nitrogens is 3. The van der Waals surface area contributed by atoms with E-state index in [0.29, 0.717) is 18.3 Å². The van der Waals surface area contributed by atoms with Gasteiger partial charge in [-0.3, -0.25) is 4.79 Å². The summed E-state index contributed by atoms with van der Waals surface area (Å²) in [4.78, 5) is 21.7. The molecule has 2 heterocycles. The van der Waals surface area contributed by atoms with Gasteiger partial charge in [-0.05, 0) is 36.8 Å². The van der Waals surface area contributed by atoms with E-state index in [1.807, 2.05) is 37.3 Å². The molecule has 4 aromatic rings. The Morgan fingerprint density at radius 3 is 2.62 bits per heavy atom. The van der Waals surface area contributed by atoms with Crippen LogP contribution in [0, 0.1) is 12.7 Å². The predicted octanol–water partition coefficient (Wildman–Crippen LogP) is 4.17. The largest absolute Gasteiger partial charge is 0.352 e. The second-order valence-electron chi connectivity index (χ2n) is 6.40. The van der Waals surface area contributed by atoms with E-state index >= 15 is 0 Å². The molecule has 0 aliphatic carbocycles. The molecule has 0 saturated carbocycles. The van der Waals surface area contributed by atoms with E-state index in [2.05, 4.69) is 20.4 Å². The Balaban J connectivity index is 1.43. The summed E-state index contributed by atoms with van der Waals surface area (Å²) in [6.45, 7) is 2.29. The lowest BCUT2D eigenvalue weighted by molar-refractivity contribution is -0.120. The third-order valence-corrected chi connectivity index (χ3v) is 5.40. The molecule has 0 bridgehead atoms. The number of carbonyl (C=O) groups excluding carboxylic acids is 1. The smallest absolute Gasteiger partial charge is 0.269 e. The van der Waals surface area contributed by atoms with Crippen molar-refractivity contribution in [3.8, 4) is 21.3 Å². The quantitative estimate of drug-likeness (QED) is 0.518. The van der Waals surface area contributed by atoms with Crippen molar-refractivity contribution in [2.75, 3.05) is 0 Å². The zero-order valence-electron chi connectivity index (χ0n) is 15.6. The first-order valence-electron chi connectivity index (χ1n) is 8.95. The van der Waals surface area contributed by atoms with Crippen molar-refractivity contribution >= 4 is 17.2 Å². The Hall–Kier alpha value is -3.39. The summed E-state index contributed by atoms with van der Waals surface area (Å²) in [6, 6.07) is 15.8. The summed E-state index contributed by atoms with van der Waals surface area (Å²) in [5.74, 6) is 0.143. The van der Waals surface area contributed by atoms with Crippen molar-refractivity contribution in [3.63, 3.8) is 0 Å². The number of nitrogens with one attached hydrogen (secondary N) is 1. The molecule has 0 saturated heterocycles. The highest BCUT2D eigenvalue weighted by molar-refractivity contribution is 7.18. The lowest BCUT2D eigenvalue weighted by atomic mass is 10.2. The molecule has 0 spiro atoms. The molecule has 29 heavy (non-hydrogen) atoms. The number of nitrogens with zero attached hydrogens (tertiary/aromatic N) is 3. The fraction of sp³-hybridized carbons (Fsp3) is 0.143. The van der Waals surface area contributed by atoms with Crippen LogP contribution >= 0.6 is 11.3 Å². The normalized spacial score (nSPS) is 10.8. The fourth-order valence-corrected chi connectivity index (χ4v) is 3.72. The number of aryl methyl sites for hydroxylation is 1. The lowest BCUT2D eigenvalue weighted by Crippen LogP contribution is -2.24. The van der Waals surface area contributed by atoms with E-state index in [4.69, 9.17) is 4.52 Å². The van der Waals surface area contributed by atoms with Gasteiger partial charge in [0.2, 0.25) is 5.91 Å². The topological polar surface area (TPSA) is 80.9 Å². The van der Waals surface area contributed by atoms with Gasteiger partial charge in [0.05, 0.1) is 12.1 Å². The Labute approximate surface area is 170 Å². The van der Waals surface area contributed by atoms with E-state index in [-0.39, 0.29) is 18.1 Å². The summed E-state index contributed by atoms with van der Waals surface area (Å²) in [5, 5.41) is 7.48. The van der Waals surface area contributed by atoms with E-state index in [9.17, 15) is 9.18 Å². The highest BCUT2D eigenvalue weighted by atomic mass is 32.1.